The van der Waals surface area contributed by atoms with Gasteiger partial charge in [0, 0.05) is 5.69 Å². The van der Waals surface area contributed by atoms with E-state index in [2.05, 4.69) is 26.1 Å². The zero-order chi connectivity index (χ0) is 13.9. The Hall–Kier alpha value is -1.88. The average molecular weight is 250 g/mol. The largest absolute Gasteiger partial charge is 0.480 e. The highest BCUT2D eigenvalue weighted by molar-refractivity contribution is 6.07. The number of amides is 1. The molecule has 0 radical (unpaired) electrons. The Morgan fingerprint density at radius 1 is 1.22 bits per heavy atom. The maximum absolute atomic E-state index is 11.4. The monoisotopic (exact) mass is 250 g/mol. The second-order valence-electron chi connectivity index (χ2n) is 5.13. The van der Waals surface area contributed by atoms with Crippen molar-refractivity contribution >= 4 is 17.6 Å². The summed E-state index contributed by atoms with van der Waals surface area (Å²) in [6.45, 7) is 6.25. The van der Waals surface area contributed by atoms with E-state index in [9.17, 15) is 9.59 Å². The number of aliphatic carboxylic acids is 1. The van der Waals surface area contributed by atoms with Crippen LogP contribution in [0.5, 0.6) is 0 Å². The third kappa shape index (κ3) is 3.56. The van der Waals surface area contributed by atoms with Crippen molar-refractivity contribution in [3.8, 4) is 0 Å². The lowest BCUT2D eigenvalue weighted by Crippen LogP contribution is -2.42. The van der Waals surface area contributed by atoms with Gasteiger partial charge in [-0.1, -0.05) is 32.9 Å². The normalized spacial score (nSPS) is 12.9. The van der Waals surface area contributed by atoms with Crippen molar-refractivity contribution in [1.29, 1.82) is 0 Å². The molecule has 0 saturated heterocycles. The first-order chi connectivity index (χ1) is 8.21. The second kappa shape index (κ2) is 5.18. The van der Waals surface area contributed by atoms with Gasteiger partial charge < -0.3 is 16.2 Å². The molecule has 5 heteroatoms. The van der Waals surface area contributed by atoms with E-state index in [1.165, 1.54) is 0 Å². The van der Waals surface area contributed by atoms with Gasteiger partial charge in [0.15, 0.2) is 6.04 Å². The molecule has 0 aliphatic carbocycles. The summed E-state index contributed by atoms with van der Waals surface area (Å²) in [7, 11) is 0. The van der Waals surface area contributed by atoms with E-state index in [0.717, 1.165) is 5.56 Å². The first kappa shape index (κ1) is 14.2. The van der Waals surface area contributed by atoms with Crippen LogP contribution in [0.25, 0.3) is 0 Å². The molecule has 98 valence electrons. The molecule has 0 bridgehead atoms. The molecule has 1 amide bonds. The Morgan fingerprint density at radius 3 is 2.11 bits per heavy atom. The molecule has 1 aromatic carbocycles. The number of carbonyl (C=O) groups is 2. The predicted octanol–water partition coefficient (Wildman–Crippen LogP) is 1.33. The van der Waals surface area contributed by atoms with Crippen molar-refractivity contribution in [1.82, 2.24) is 0 Å². The molecule has 1 unspecified atom stereocenters. The van der Waals surface area contributed by atoms with Gasteiger partial charge in [-0.05, 0) is 23.1 Å². The molecule has 0 saturated carbocycles. The quantitative estimate of drug-likeness (QED) is 0.706. The molecule has 5 nitrogen and oxygen atoms in total. The van der Waals surface area contributed by atoms with E-state index in [1.54, 1.807) is 12.1 Å². The topological polar surface area (TPSA) is 92.4 Å². The Bertz CT molecular complexity index is 446. The van der Waals surface area contributed by atoms with E-state index >= 15 is 0 Å². The van der Waals surface area contributed by atoms with Crippen molar-refractivity contribution in [2.75, 3.05) is 5.32 Å². The van der Waals surface area contributed by atoms with E-state index in [-0.39, 0.29) is 5.41 Å². The molecule has 0 aliphatic heterocycles. The molecule has 0 heterocycles. The Labute approximate surface area is 106 Å². The maximum atomic E-state index is 11.4. The van der Waals surface area contributed by atoms with Crippen LogP contribution in [-0.4, -0.2) is 23.0 Å². The number of hydrogen-bond acceptors (Lipinski definition) is 3. The lowest BCUT2D eigenvalue weighted by molar-refractivity contribution is -0.141. The van der Waals surface area contributed by atoms with Crippen molar-refractivity contribution in [2.45, 2.75) is 32.2 Å². The Kier molecular flexibility index (Phi) is 4.08. The zero-order valence-electron chi connectivity index (χ0n) is 10.7. The molecule has 0 fully saturated rings. The maximum Gasteiger partial charge on any atom is 0.330 e. The molecule has 1 aromatic rings. The first-order valence-corrected chi connectivity index (χ1v) is 5.61. The fraction of sp³-hybridized carbons (Fsp3) is 0.385. The fourth-order valence-electron chi connectivity index (χ4n) is 1.39. The van der Waals surface area contributed by atoms with Crippen LogP contribution >= 0.6 is 0 Å². The van der Waals surface area contributed by atoms with Crippen LogP contribution in [0.4, 0.5) is 5.69 Å². The van der Waals surface area contributed by atoms with Crippen molar-refractivity contribution < 1.29 is 14.7 Å². The summed E-state index contributed by atoms with van der Waals surface area (Å²) in [5.41, 5.74) is 6.88. The molecule has 1 atom stereocenters. The predicted molar refractivity (Wildman–Crippen MR) is 69.4 cm³/mol. The summed E-state index contributed by atoms with van der Waals surface area (Å²) in [6, 6.07) is 5.69. The number of benzene rings is 1. The number of rotatable bonds is 3. The van der Waals surface area contributed by atoms with Crippen LogP contribution in [0.2, 0.25) is 0 Å². The highest BCUT2D eigenvalue weighted by atomic mass is 16.4. The van der Waals surface area contributed by atoms with Crippen LogP contribution in [0.1, 0.15) is 26.3 Å². The number of nitrogens with one attached hydrogen (secondary N) is 1. The van der Waals surface area contributed by atoms with Crippen molar-refractivity contribution in [3.63, 3.8) is 0 Å². The second-order valence-corrected chi connectivity index (χ2v) is 5.13. The number of carboxylic acids is 1. The minimum Gasteiger partial charge on any atom is -0.480 e. The standard InChI is InChI=1S/C13H18N2O3/c1-13(2,3)8-4-6-9(7-5-8)15-11(16)10(14)12(17)18/h4-7,10H,14H2,1-3H3,(H,15,16)(H,17,18). The van der Waals surface area contributed by atoms with Gasteiger partial charge in [-0.3, -0.25) is 4.79 Å². The highest BCUT2D eigenvalue weighted by Gasteiger charge is 2.21. The first-order valence-electron chi connectivity index (χ1n) is 5.61. The van der Waals surface area contributed by atoms with Gasteiger partial charge in [-0.15, -0.1) is 0 Å². The molecule has 0 aromatic heterocycles. The minimum atomic E-state index is -1.55. The van der Waals surface area contributed by atoms with Crippen LogP contribution < -0.4 is 11.1 Å². The molecular weight excluding hydrogens is 232 g/mol. The zero-order valence-corrected chi connectivity index (χ0v) is 10.7. The summed E-state index contributed by atoms with van der Waals surface area (Å²) >= 11 is 0. The third-order valence-electron chi connectivity index (χ3n) is 2.57. The van der Waals surface area contributed by atoms with Gasteiger partial charge in [0.2, 0.25) is 0 Å². The number of carbonyl (C=O) groups excluding carboxylic acids is 1. The van der Waals surface area contributed by atoms with E-state index < -0.39 is 17.9 Å². The van der Waals surface area contributed by atoms with Crippen LogP contribution in [0, 0.1) is 0 Å². The molecule has 18 heavy (non-hydrogen) atoms. The van der Waals surface area contributed by atoms with Gasteiger partial charge >= 0.3 is 5.97 Å². The molecule has 0 spiro atoms. The van der Waals surface area contributed by atoms with Gasteiger partial charge in [-0.25, -0.2) is 4.79 Å². The van der Waals surface area contributed by atoms with Gasteiger partial charge in [-0.2, -0.15) is 0 Å². The smallest absolute Gasteiger partial charge is 0.330 e. The minimum absolute atomic E-state index is 0.0278. The molecular formula is C13H18N2O3. The van der Waals surface area contributed by atoms with Crippen LogP contribution in [0.15, 0.2) is 24.3 Å². The van der Waals surface area contributed by atoms with Crippen LogP contribution in [0.3, 0.4) is 0 Å². The summed E-state index contributed by atoms with van der Waals surface area (Å²) in [5, 5.41) is 11.1. The summed E-state index contributed by atoms with van der Waals surface area (Å²) in [6.07, 6.45) is 0. The third-order valence-corrected chi connectivity index (χ3v) is 2.57. The van der Waals surface area contributed by atoms with E-state index in [0.29, 0.717) is 5.69 Å². The highest BCUT2D eigenvalue weighted by Crippen LogP contribution is 2.23. The molecule has 1 rings (SSSR count). The summed E-state index contributed by atoms with van der Waals surface area (Å²) in [4.78, 5) is 21.9. The Balaban J connectivity index is 2.76. The van der Waals surface area contributed by atoms with Crippen molar-refractivity contribution in [2.24, 2.45) is 5.73 Å². The fourth-order valence-corrected chi connectivity index (χ4v) is 1.39. The van der Waals surface area contributed by atoms with Gasteiger partial charge in [0.05, 0.1) is 0 Å². The lowest BCUT2D eigenvalue weighted by Gasteiger charge is -2.19. The SMILES string of the molecule is CC(C)(C)c1ccc(NC(=O)C(N)C(=O)O)cc1. The molecule has 0 aliphatic rings. The Morgan fingerprint density at radius 2 is 1.72 bits per heavy atom. The average Bonchev–Trinajstić information content (AvgIpc) is 2.27. The lowest BCUT2D eigenvalue weighted by atomic mass is 9.87. The summed E-state index contributed by atoms with van der Waals surface area (Å²) < 4.78 is 0. The van der Waals surface area contributed by atoms with Crippen molar-refractivity contribution in [3.05, 3.63) is 29.8 Å². The van der Waals surface area contributed by atoms with E-state index in [4.69, 9.17) is 10.8 Å². The number of hydrogen-bond donors (Lipinski definition) is 3. The molecule has 4 N–H and O–H groups in total. The number of carboxylic acid groups (broad SMARTS) is 1. The summed E-state index contributed by atoms with van der Waals surface area (Å²) in [5.74, 6) is -2.08. The van der Waals surface area contributed by atoms with E-state index in [1.807, 2.05) is 12.1 Å². The number of anilines is 1. The van der Waals surface area contributed by atoms with Gasteiger partial charge in [0.1, 0.15) is 0 Å². The van der Waals surface area contributed by atoms with Gasteiger partial charge in [0.25, 0.3) is 5.91 Å². The van der Waals surface area contributed by atoms with Crippen LogP contribution in [-0.2, 0) is 15.0 Å². The number of nitrogens with two attached hydrogens (primary N) is 1.